The van der Waals surface area contributed by atoms with Crippen LogP contribution in [0.1, 0.15) is 38.0 Å². The van der Waals surface area contributed by atoms with Gasteiger partial charge in [0.15, 0.2) is 0 Å². The lowest BCUT2D eigenvalue weighted by molar-refractivity contribution is 0.629. The fourth-order valence-electron chi connectivity index (χ4n) is 3.83. The zero-order valence-corrected chi connectivity index (χ0v) is 15.3. The van der Waals surface area contributed by atoms with Crippen molar-refractivity contribution in [2.24, 2.45) is 11.8 Å². The molecule has 0 nitrogen and oxygen atoms in total. The van der Waals surface area contributed by atoms with Crippen molar-refractivity contribution in [2.75, 3.05) is 0 Å². The van der Waals surface area contributed by atoms with Gasteiger partial charge in [-0.05, 0) is 70.6 Å². The van der Waals surface area contributed by atoms with Crippen LogP contribution in [0.4, 0.5) is 0 Å². The van der Waals surface area contributed by atoms with E-state index in [-0.39, 0.29) is 0 Å². The molecule has 0 aliphatic heterocycles. The zero-order chi connectivity index (χ0) is 13.9. The largest absolute Gasteiger partial charge is 0.143 e. The summed E-state index contributed by atoms with van der Waals surface area (Å²) in [5.74, 6) is 2.45. The van der Waals surface area contributed by atoms with Crippen LogP contribution in [0.5, 0.6) is 0 Å². The van der Waals surface area contributed by atoms with E-state index < -0.39 is 0 Å². The van der Waals surface area contributed by atoms with Crippen LogP contribution >= 0.6 is 43.2 Å². The van der Waals surface area contributed by atoms with Crippen LogP contribution in [-0.4, -0.2) is 0 Å². The van der Waals surface area contributed by atoms with E-state index in [1.54, 1.807) is 11.1 Å². The molecule has 4 atom stereocenters. The standard InChI is InChI=1S/C17H16Br2S/c1-9-13(18)8-14(20-9)17(19)16-12-7-6-10-4-2-3-5-11(10)15(12)16/h2-5,8,12,15-17H,6-7H2,1H3. The molecule has 1 aromatic carbocycles. The van der Waals surface area contributed by atoms with Crippen LogP contribution in [0.3, 0.4) is 0 Å². The van der Waals surface area contributed by atoms with Crippen molar-refractivity contribution in [3.63, 3.8) is 0 Å². The Kier molecular flexibility index (Phi) is 3.36. The second kappa shape index (κ2) is 4.96. The quantitative estimate of drug-likeness (QED) is 0.513. The lowest BCUT2D eigenvalue weighted by atomic mass is 9.92. The van der Waals surface area contributed by atoms with Crippen molar-refractivity contribution < 1.29 is 0 Å². The molecule has 4 unspecified atom stereocenters. The molecule has 0 saturated heterocycles. The molecule has 4 rings (SSSR count). The smallest absolute Gasteiger partial charge is 0.0526 e. The lowest BCUT2D eigenvalue weighted by Crippen LogP contribution is -2.00. The van der Waals surface area contributed by atoms with Gasteiger partial charge in [0, 0.05) is 14.2 Å². The fraction of sp³-hybridized carbons (Fsp3) is 0.412. The Morgan fingerprint density at radius 2 is 2.10 bits per heavy atom. The first kappa shape index (κ1) is 13.5. The van der Waals surface area contributed by atoms with Gasteiger partial charge in [-0.3, -0.25) is 0 Å². The minimum Gasteiger partial charge on any atom is -0.143 e. The molecule has 3 heteroatoms. The van der Waals surface area contributed by atoms with Crippen molar-refractivity contribution in [1.29, 1.82) is 0 Å². The summed E-state index contributed by atoms with van der Waals surface area (Å²) in [6, 6.07) is 11.3. The Bertz CT molecular complexity index is 641. The summed E-state index contributed by atoms with van der Waals surface area (Å²) >= 11 is 9.56. The highest BCUT2D eigenvalue weighted by Crippen LogP contribution is 2.66. The number of hydrogen-bond donors (Lipinski definition) is 0. The van der Waals surface area contributed by atoms with Crippen molar-refractivity contribution in [1.82, 2.24) is 0 Å². The minimum absolute atomic E-state index is 0.513. The normalized spacial score (nSPS) is 28.6. The van der Waals surface area contributed by atoms with Gasteiger partial charge in [-0.25, -0.2) is 0 Å². The second-order valence-corrected chi connectivity index (χ2v) is 9.09. The molecule has 0 N–H and O–H groups in total. The Morgan fingerprint density at radius 1 is 1.30 bits per heavy atom. The fourth-order valence-corrected chi connectivity index (χ4v) is 6.56. The van der Waals surface area contributed by atoms with E-state index in [0.717, 1.165) is 17.8 Å². The number of alkyl halides is 1. The monoisotopic (exact) mass is 410 g/mol. The molecule has 2 aliphatic carbocycles. The van der Waals surface area contributed by atoms with E-state index in [1.165, 1.54) is 27.1 Å². The van der Waals surface area contributed by atoms with Gasteiger partial charge in [0.1, 0.15) is 0 Å². The van der Waals surface area contributed by atoms with Crippen molar-refractivity contribution in [3.05, 3.63) is 55.7 Å². The number of hydrogen-bond acceptors (Lipinski definition) is 1. The highest BCUT2D eigenvalue weighted by atomic mass is 79.9. The van der Waals surface area contributed by atoms with Gasteiger partial charge in [0.05, 0.1) is 4.83 Å². The predicted octanol–water partition coefficient (Wildman–Crippen LogP) is 6.23. The molecule has 2 aromatic rings. The average molecular weight is 412 g/mol. The van der Waals surface area contributed by atoms with Gasteiger partial charge in [-0.2, -0.15) is 0 Å². The summed E-state index contributed by atoms with van der Waals surface area (Å²) in [6.07, 6.45) is 2.63. The molecule has 0 amide bonds. The molecular weight excluding hydrogens is 396 g/mol. The predicted molar refractivity (Wildman–Crippen MR) is 92.9 cm³/mol. The van der Waals surface area contributed by atoms with Crippen LogP contribution in [-0.2, 0) is 6.42 Å². The Hall–Kier alpha value is -0.120. The number of halogens is 2. The molecule has 20 heavy (non-hydrogen) atoms. The number of fused-ring (bicyclic) bond motifs is 3. The molecule has 2 aliphatic rings. The van der Waals surface area contributed by atoms with Crippen LogP contribution < -0.4 is 0 Å². The van der Waals surface area contributed by atoms with Gasteiger partial charge < -0.3 is 0 Å². The number of thiophene rings is 1. The highest BCUT2D eigenvalue weighted by molar-refractivity contribution is 9.10. The first-order valence-electron chi connectivity index (χ1n) is 7.14. The first-order chi connectivity index (χ1) is 9.66. The van der Waals surface area contributed by atoms with Crippen LogP contribution in [0, 0.1) is 18.8 Å². The molecule has 1 fully saturated rings. The second-order valence-electron chi connectivity index (χ2n) is 5.96. The summed E-state index contributed by atoms with van der Waals surface area (Å²) < 4.78 is 1.26. The Morgan fingerprint density at radius 3 is 2.85 bits per heavy atom. The van der Waals surface area contributed by atoms with Crippen LogP contribution in [0.2, 0.25) is 0 Å². The third kappa shape index (κ3) is 2.05. The molecule has 104 valence electrons. The Balaban J connectivity index is 1.63. The van der Waals surface area contributed by atoms with E-state index in [9.17, 15) is 0 Å². The maximum Gasteiger partial charge on any atom is 0.0526 e. The summed E-state index contributed by atoms with van der Waals surface area (Å²) in [5, 5.41) is 0. The van der Waals surface area contributed by atoms with E-state index in [4.69, 9.17) is 0 Å². The third-order valence-electron chi connectivity index (χ3n) is 4.88. The van der Waals surface area contributed by atoms with Crippen molar-refractivity contribution in [2.45, 2.75) is 30.5 Å². The van der Waals surface area contributed by atoms with Gasteiger partial charge in [0.2, 0.25) is 0 Å². The summed E-state index contributed by atoms with van der Waals surface area (Å²) in [7, 11) is 0. The Labute approximate surface area is 140 Å². The summed E-state index contributed by atoms with van der Waals surface area (Å²) in [5.41, 5.74) is 3.20. The maximum atomic E-state index is 3.99. The minimum atomic E-state index is 0.513. The molecular formula is C17H16Br2S. The lowest BCUT2D eigenvalue weighted by Gasteiger charge is -2.13. The van der Waals surface area contributed by atoms with Crippen molar-refractivity contribution >= 4 is 43.2 Å². The van der Waals surface area contributed by atoms with E-state index in [0.29, 0.717) is 4.83 Å². The highest BCUT2D eigenvalue weighted by Gasteiger charge is 2.56. The zero-order valence-electron chi connectivity index (χ0n) is 11.3. The molecule has 1 aromatic heterocycles. The first-order valence-corrected chi connectivity index (χ1v) is 9.67. The summed E-state index contributed by atoms with van der Waals surface area (Å²) in [4.78, 5) is 3.37. The molecule has 0 spiro atoms. The van der Waals surface area contributed by atoms with E-state index >= 15 is 0 Å². The summed E-state index contributed by atoms with van der Waals surface area (Å²) in [6.45, 7) is 2.19. The molecule has 1 saturated carbocycles. The van der Waals surface area contributed by atoms with Gasteiger partial charge in [0.25, 0.3) is 0 Å². The topological polar surface area (TPSA) is 0 Å². The third-order valence-corrected chi connectivity index (χ3v) is 8.50. The van der Waals surface area contributed by atoms with Gasteiger partial charge in [-0.1, -0.05) is 40.2 Å². The maximum absolute atomic E-state index is 3.99. The molecule has 0 bridgehead atoms. The average Bonchev–Trinajstić information content (AvgIpc) is 3.11. The van der Waals surface area contributed by atoms with E-state index in [2.05, 4.69) is 69.1 Å². The van der Waals surface area contributed by atoms with Crippen LogP contribution in [0.25, 0.3) is 0 Å². The van der Waals surface area contributed by atoms with Gasteiger partial charge >= 0.3 is 0 Å². The SMILES string of the molecule is Cc1sc(C(Br)C2C3CCc4ccccc4C32)cc1Br. The van der Waals surface area contributed by atoms with Crippen LogP contribution in [0.15, 0.2) is 34.8 Å². The molecule has 0 radical (unpaired) electrons. The number of aryl methyl sites for hydroxylation is 2. The van der Waals surface area contributed by atoms with Gasteiger partial charge in [-0.15, -0.1) is 11.3 Å². The van der Waals surface area contributed by atoms with E-state index in [1.807, 2.05) is 11.3 Å². The number of rotatable bonds is 2. The molecule has 1 heterocycles. The van der Waals surface area contributed by atoms with Crippen molar-refractivity contribution in [3.8, 4) is 0 Å². The number of benzene rings is 1.